The Hall–Kier alpha value is -3.35. The molecule has 1 N–H and O–H groups in total. The van der Waals surface area contributed by atoms with Gasteiger partial charge in [-0.1, -0.05) is 42.0 Å². The Kier molecular flexibility index (Phi) is 6.95. The second-order valence-electron chi connectivity index (χ2n) is 8.01. The highest BCUT2D eigenvalue weighted by Crippen LogP contribution is 2.19. The number of amides is 1. The molecule has 7 heteroatoms. The maximum absolute atomic E-state index is 12.7. The van der Waals surface area contributed by atoms with Crippen molar-refractivity contribution in [3.8, 4) is 0 Å². The molecule has 1 heterocycles. The Bertz CT molecular complexity index is 1130. The molecule has 0 aliphatic rings. The van der Waals surface area contributed by atoms with Crippen LogP contribution in [-0.2, 0) is 27.9 Å². The second kappa shape index (κ2) is 9.64. The van der Waals surface area contributed by atoms with Crippen LogP contribution in [0.1, 0.15) is 43.9 Å². The summed E-state index contributed by atoms with van der Waals surface area (Å²) in [6.07, 6.45) is -0.0587. The van der Waals surface area contributed by atoms with E-state index in [0.717, 1.165) is 22.2 Å². The molecule has 0 aliphatic carbocycles. The summed E-state index contributed by atoms with van der Waals surface area (Å²) in [5.74, 6) is -0.603. The molecule has 0 aliphatic heterocycles. The number of carbonyl (C=O) groups is 2. The van der Waals surface area contributed by atoms with Crippen molar-refractivity contribution >= 4 is 22.9 Å². The van der Waals surface area contributed by atoms with Crippen molar-refractivity contribution < 1.29 is 14.3 Å². The van der Waals surface area contributed by atoms with Gasteiger partial charge < -0.3 is 10.1 Å². The molecule has 0 bridgehead atoms. The van der Waals surface area contributed by atoms with E-state index in [4.69, 9.17) is 4.74 Å². The second-order valence-corrected chi connectivity index (χ2v) is 8.01. The summed E-state index contributed by atoms with van der Waals surface area (Å²) in [6.45, 7) is 5.81. The average molecular weight is 424 g/mol. The van der Waals surface area contributed by atoms with Crippen molar-refractivity contribution in [3.05, 3.63) is 70.1 Å². The first kappa shape index (κ1) is 22.3. The minimum absolute atomic E-state index is 0.0429. The summed E-state index contributed by atoms with van der Waals surface area (Å²) in [4.78, 5) is 37.5. The van der Waals surface area contributed by atoms with Crippen molar-refractivity contribution in [3.63, 3.8) is 0 Å². The molecule has 1 amide bonds. The molecule has 0 saturated carbocycles. The molecule has 0 radical (unpaired) electrons. The molecule has 1 unspecified atom stereocenters. The Morgan fingerprint density at radius 1 is 1.03 bits per heavy atom. The molecule has 3 rings (SSSR count). The number of rotatable bonds is 8. The quantitative estimate of drug-likeness (QED) is 0.564. The molecule has 0 saturated heterocycles. The van der Waals surface area contributed by atoms with Crippen LogP contribution in [0.2, 0.25) is 0 Å². The largest absolute Gasteiger partial charge is 0.463 e. The molecule has 0 spiro atoms. The molecule has 164 valence electrons. The number of hydrogen-bond acceptors (Lipinski definition) is 4. The smallest absolute Gasteiger partial charge is 0.328 e. The standard InChI is InChI=1S/C24H29N3O4/c1-16(2)31-23(29)15-19(18-11-9-17(3)10-12-18)25-22(28)13-14-27-21-8-6-5-7-20(21)26(4)24(27)30/h5-12,16,19H,13-15H2,1-4H3,(H,25,28). The van der Waals surface area contributed by atoms with E-state index in [1.54, 1.807) is 30.0 Å². The number of imidazole rings is 1. The zero-order valence-electron chi connectivity index (χ0n) is 18.4. The van der Waals surface area contributed by atoms with Crippen LogP contribution in [0.3, 0.4) is 0 Å². The zero-order valence-corrected chi connectivity index (χ0v) is 18.4. The summed E-state index contributed by atoms with van der Waals surface area (Å²) in [7, 11) is 1.72. The van der Waals surface area contributed by atoms with E-state index in [-0.39, 0.29) is 43.1 Å². The van der Waals surface area contributed by atoms with Crippen LogP contribution in [0.4, 0.5) is 0 Å². The molecule has 31 heavy (non-hydrogen) atoms. The highest BCUT2D eigenvalue weighted by molar-refractivity contribution is 5.79. The topological polar surface area (TPSA) is 82.3 Å². The summed E-state index contributed by atoms with van der Waals surface area (Å²) in [6, 6.07) is 14.7. The molecule has 1 aromatic heterocycles. The first-order chi connectivity index (χ1) is 14.8. The van der Waals surface area contributed by atoms with E-state index in [9.17, 15) is 14.4 Å². The van der Waals surface area contributed by atoms with E-state index in [0.29, 0.717) is 0 Å². The predicted molar refractivity (Wildman–Crippen MR) is 120 cm³/mol. The minimum atomic E-state index is -0.497. The van der Waals surface area contributed by atoms with Crippen molar-refractivity contribution in [2.75, 3.05) is 0 Å². The van der Waals surface area contributed by atoms with Gasteiger partial charge in [0.25, 0.3) is 0 Å². The summed E-state index contributed by atoms with van der Waals surface area (Å²) in [5, 5.41) is 2.94. The third-order valence-corrected chi connectivity index (χ3v) is 5.17. The Labute approximate surface area is 181 Å². The normalized spacial score (nSPS) is 12.2. The molecule has 0 fully saturated rings. The van der Waals surface area contributed by atoms with Gasteiger partial charge in [-0.3, -0.25) is 18.7 Å². The van der Waals surface area contributed by atoms with Gasteiger partial charge in [0, 0.05) is 20.0 Å². The Morgan fingerprint density at radius 3 is 2.32 bits per heavy atom. The summed E-state index contributed by atoms with van der Waals surface area (Å²) < 4.78 is 8.44. The van der Waals surface area contributed by atoms with Crippen LogP contribution in [0, 0.1) is 6.92 Å². The fourth-order valence-electron chi connectivity index (χ4n) is 3.59. The number of fused-ring (bicyclic) bond motifs is 1. The molecular formula is C24H29N3O4. The van der Waals surface area contributed by atoms with E-state index in [1.807, 2.05) is 55.5 Å². The highest BCUT2D eigenvalue weighted by atomic mass is 16.5. The van der Waals surface area contributed by atoms with Gasteiger partial charge in [0.05, 0.1) is 29.6 Å². The minimum Gasteiger partial charge on any atom is -0.463 e. The van der Waals surface area contributed by atoms with Crippen molar-refractivity contribution in [1.29, 1.82) is 0 Å². The van der Waals surface area contributed by atoms with E-state index < -0.39 is 6.04 Å². The lowest BCUT2D eigenvalue weighted by Crippen LogP contribution is -2.32. The van der Waals surface area contributed by atoms with Crippen LogP contribution < -0.4 is 11.0 Å². The molecule has 3 aromatic rings. The first-order valence-corrected chi connectivity index (χ1v) is 10.5. The summed E-state index contributed by atoms with van der Waals surface area (Å²) >= 11 is 0. The third kappa shape index (κ3) is 5.42. The van der Waals surface area contributed by atoms with E-state index in [2.05, 4.69) is 5.32 Å². The number of hydrogen-bond donors (Lipinski definition) is 1. The Morgan fingerprint density at radius 2 is 1.68 bits per heavy atom. The van der Waals surface area contributed by atoms with E-state index >= 15 is 0 Å². The highest BCUT2D eigenvalue weighted by Gasteiger charge is 2.20. The number of para-hydroxylation sites is 2. The van der Waals surface area contributed by atoms with Gasteiger partial charge in [0.2, 0.25) is 5.91 Å². The van der Waals surface area contributed by atoms with Gasteiger partial charge in [-0.15, -0.1) is 0 Å². The van der Waals surface area contributed by atoms with Crippen molar-refractivity contribution in [2.24, 2.45) is 7.05 Å². The number of nitrogens with zero attached hydrogens (tertiary/aromatic N) is 2. The van der Waals surface area contributed by atoms with Gasteiger partial charge in [-0.25, -0.2) is 4.79 Å². The monoisotopic (exact) mass is 423 g/mol. The molecular weight excluding hydrogens is 394 g/mol. The SMILES string of the molecule is Cc1ccc(C(CC(=O)OC(C)C)NC(=O)CCn2c(=O)n(C)c3ccccc32)cc1. The molecule has 7 nitrogen and oxygen atoms in total. The maximum atomic E-state index is 12.7. The van der Waals surface area contributed by atoms with Crippen molar-refractivity contribution in [1.82, 2.24) is 14.5 Å². The van der Waals surface area contributed by atoms with Crippen LogP contribution in [0.15, 0.2) is 53.3 Å². The number of carbonyl (C=O) groups excluding carboxylic acids is 2. The fraction of sp³-hybridized carbons (Fsp3) is 0.375. The Balaban J connectivity index is 1.73. The maximum Gasteiger partial charge on any atom is 0.328 e. The first-order valence-electron chi connectivity index (χ1n) is 10.5. The lowest BCUT2D eigenvalue weighted by Gasteiger charge is -2.20. The van der Waals surface area contributed by atoms with Crippen LogP contribution >= 0.6 is 0 Å². The van der Waals surface area contributed by atoms with Crippen LogP contribution in [0.25, 0.3) is 11.0 Å². The number of benzene rings is 2. The van der Waals surface area contributed by atoms with Crippen molar-refractivity contribution in [2.45, 2.75) is 52.3 Å². The van der Waals surface area contributed by atoms with Gasteiger partial charge in [0.1, 0.15) is 0 Å². The fourth-order valence-corrected chi connectivity index (χ4v) is 3.59. The lowest BCUT2D eigenvalue weighted by molar-refractivity contribution is -0.148. The number of ether oxygens (including phenoxy) is 1. The van der Waals surface area contributed by atoms with Crippen LogP contribution in [-0.4, -0.2) is 27.1 Å². The van der Waals surface area contributed by atoms with Gasteiger partial charge >= 0.3 is 11.7 Å². The average Bonchev–Trinajstić information content (AvgIpc) is 2.96. The molecule has 1 atom stereocenters. The van der Waals surface area contributed by atoms with Gasteiger partial charge in [0.15, 0.2) is 0 Å². The molecule has 2 aromatic carbocycles. The van der Waals surface area contributed by atoms with E-state index in [1.165, 1.54) is 0 Å². The summed E-state index contributed by atoms with van der Waals surface area (Å²) in [5.41, 5.74) is 3.38. The lowest BCUT2D eigenvalue weighted by atomic mass is 10.0. The zero-order chi connectivity index (χ0) is 22.5. The third-order valence-electron chi connectivity index (χ3n) is 5.17. The number of esters is 1. The number of nitrogens with one attached hydrogen (secondary N) is 1. The van der Waals surface area contributed by atoms with Gasteiger partial charge in [-0.05, 0) is 38.5 Å². The van der Waals surface area contributed by atoms with Gasteiger partial charge in [-0.2, -0.15) is 0 Å². The number of aryl methyl sites for hydroxylation is 3. The number of aromatic nitrogens is 2. The predicted octanol–water partition coefficient (Wildman–Crippen LogP) is 3.24. The van der Waals surface area contributed by atoms with Crippen LogP contribution in [0.5, 0.6) is 0 Å².